The van der Waals surface area contributed by atoms with E-state index in [-0.39, 0.29) is 0 Å². The van der Waals surface area contributed by atoms with Crippen LogP contribution in [0.1, 0.15) is 5.56 Å². The second-order valence-electron chi connectivity index (χ2n) is 6.79. The van der Waals surface area contributed by atoms with Crippen LogP contribution in [0, 0.1) is 0 Å². The van der Waals surface area contributed by atoms with Crippen LogP contribution in [0.4, 0.5) is 5.95 Å². The molecular formula is C23H19N7. The Morgan fingerprint density at radius 3 is 2.53 bits per heavy atom. The van der Waals surface area contributed by atoms with E-state index >= 15 is 0 Å². The molecule has 0 saturated heterocycles. The Labute approximate surface area is 173 Å². The molecule has 2 aromatic carbocycles. The summed E-state index contributed by atoms with van der Waals surface area (Å²) in [4.78, 5) is 22.2. The fourth-order valence-electron chi connectivity index (χ4n) is 3.31. The maximum atomic E-state index is 4.65. The molecule has 0 amide bonds. The number of benzene rings is 2. The highest BCUT2D eigenvalue weighted by Gasteiger charge is 2.09. The number of anilines is 1. The van der Waals surface area contributed by atoms with Gasteiger partial charge in [0.05, 0.1) is 11.0 Å². The minimum Gasteiger partial charge on any atom is -0.354 e. The first-order chi connectivity index (χ1) is 14.9. The number of nitrogens with zero attached hydrogens (tertiary/aromatic N) is 6. The van der Waals surface area contributed by atoms with E-state index in [2.05, 4.69) is 42.4 Å². The third kappa shape index (κ3) is 3.73. The number of hydrogen-bond donors (Lipinski definition) is 1. The number of aromatic nitrogens is 6. The minimum absolute atomic E-state index is 0.597. The fourth-order valence-corrected chi connectivity index (χ4v) is 3.31. The summed E-state index contributed by atoms with van der Waals surface area (Å²) < 4.78 is 1.95. The van der Waals surface area contributed by atoms with Crippen LogP contribution >= 0.6 is 0 Å². The van der Waals surface area contributed by atoms with Crippen LogP contribution in [-0.2, 0) is 6.42 Å². The number of fused-ring (bicyclic) bond motifs is 1. The molecule has 7 nitrogen and oxygen atoms in total. The van der Waals surface area contributed by atoms with Gasteiger partial charge in [-0.2, -0.15) is 4.98 Å². The molecule has 0 atom stereocenters. The van der Waals surface area contributed by atoms with Crippen molar-refractivity contribution in [3.8, 4) is 17.2 Å². The molecule has 0 radical (unpaired) electrons. The van der Waals surface area contributed by atoms with E-state index < -0.39 is 0 Å². The van der Waals surface area contributed by atoms with Crippen molar-refractivity contribution < 1.29 is 0 Å². The van der Waals surface area contributed by atoms with Gasteiger partial charge in [0, 0.05) is 30.7 Å². The lowest BCUT2D eigenvalue weighted by Crippen LogP contribution is -2.09. The predicted octanol–water partition coefficient (Wildman–Crippen LogP) is 3.93. The van der Waals surface area contributed by atoms with Crippen molar-refractivity contribution in [1.29, 1.82) is 0 Å². The van der Waals surface area contributed by atoms with Gasteiger partial charge in [0.1, 0.15) is 12.1 Å². The summed E-state index contributed by atoms with van der Waals surface area (Å²) in [6.45, 7) is 0.762. The average molecular weight is 393 g/mol. The zero-order valence-electron chi connectivity index (χ0n) is 16.2. The van der Waals surface area contributed by atoms with Crippen molar-refractivity contribution in [3.05, 3.63) is 91.1 Å². The summed E-state index contributed by atoms with van der Waals surface area (Å²) in [6.07, 6.45) is 7.91. The lowest BCUT2D eigenvalue weighted by atomic mass is 10.1. The second kappa shape index (κ2) is 8.08. The molecule has 0 unspecified atom stereocenters. The predicted molar refractivity (Wildman–Crippen MR) is 116 cm³/mol. The first-order valence-corrected chi connectivity index (χ1v) is 9.72. The zero-order chi connectivity index (χ0) is 20.2. The Kier molecular flexibility index (Phi) is 4.83. The van der Waals surface area contributed by atoms with E-state index in [4.69, 9.17) is 0 Å². The second-order valence-corrected chi connectivity index (χ2v) is 6.79. The number of rotatable bonds is 6. The molecule has 5 aromatic rings. The van der Waals surface area contributed by atoms with Crippen molar-refractivity contribution in [2.24, 2.45) is 0 Å². The van der Waals surface area contributed by atoms with Crippen molar-refractivity contribution >= 4 is 17.0 Å². The minimum atomic E-state index is 0.597. The smallest absolute Gasteiger partial charge is 0.224 e. The van der Waals surface area contributed by atoms with E-state index in [1.165, 1.54) is 5.56 Å². The van der Waals surface area contributed by atoms with Crippen molar-refractivity contribution in [2.75, 3.05) is 11.9 Å². The van der Waals surface area contributed by atoms with Gasteiger partial charge in [-0.3, -0.25) is 4.57 Å². The van der Waals surface area contributed by atoms with Gasteiger partial charge in [-0.05, 0) is 42.3 Å². The quantitative estimate of drug-likeness (QED) is 0.471. The van der Waals surface area contributed by atoms with E-state index in [0.717, 1.165) is 35.4 Å². The van der Waals surface area contributed by atoms with Crippen LogP contribution in [0.3, 0.4) is 0 Å². The lowest BCUT2D eigenvalue weighted by Gasteiger charge is -2.08. The lowest BCUT2D eigenvalue weighted by molar-refractivity contribution is 0.953. The third-order valence-electron chi connectivity index (χ3n) is 4.80. The topological polar surface area (TPSA) is 81.4 Å². The Morgan fingerprint density at radius 2 is 1.67 bits per heavy atom. The van der Waals surface area contributed by atoms with Crippen LogP contribution < -0.4 is 5.32 Å². The molecular weight excluding hydrogens is 374 g/mol. The highest BCUT2D eigenvalue weighted by atomic mass is 15.2. The summed E-state index contributed by atoms with van der Waals surface area (Å²) in [5.41, 5.74) is 4.03. The molecule has 3 aromatic heterocycles. The molecule has 0 saturated carbocycles. The molecule has 0 aliphatic heterocycles. The highest BCUT2D eigenvalue weighted by Crippen LogP contribution is 2.23. The number of hydrogen-bond acceptors (Lipinski definition) is 6. The van der Waals surface area contributed by atoms with Gasteiger partial charge in [-0.1, -0.05) is 30.3 Å². The highest BCUT2D eigenvalue weighted by molar-refractivity contribution is 5.81. The number of nitrogens with one attached hydrogen (secondary N) is 1. The maximum absolute atomic E-state index is 4.65. The molecule has 0 bridgehead atoms. The van der Waals surface area contributed by atoms with Gasteiger partial charge in [0.25, 0.3) is 0 Å². The summed E-state index contributed by atoms with van der Waals surface area (Å²) in [5.74, 6) is 2.04. The molecule has 7 heteroatoms. The SMILES string of the molecule is c1ccc(CCNc2nccc(-n3cnc4cc(-c5ncccn5)ccc43)n2)cc1. The molecule has 0 aliphatic carbocycles. The third-order valence-corrected chi connectivity index (χ3v) is 4.80. The maximum Gasteiger partial charge on any atom is 0.224 e. The molecule has 1 N–H and O–H groups in total. The molecule has 0 aliphatic rings. The summed E-state index contributed by atoms with van der Waals surface area (Å²) >= 11 is 0. The fraction of sp³-hybridized carbons (Fsp3) is 0.0870. The van der Waals surface area contributed by atoms with Crippen molar-refractivity contribution in [3.63, 3.8) is 0 Å². The molecule has 3 heterocycles. The molecule has 30 heavy (non-hydrogen) atoms. The molecule has 5 rings (SSSR count). The van der Waals surface area contributed by atoms with E-state index in [1.54, 1.807) is 31.0 Å². The van der Waals surface area contributed by atoms with E-state index in [9.17, 15) is 0 Å². The van der Waals surface area contributed by atoms with Crippen molar-refractivity contribution in [2.45, 2.75) is 6.42 Å². The van der Waals surface area contributed by atoms with Gasteiger partial charge in [0.15, 0.2) is 5.82 Å². The zero-order valence-corrected chi connectivity index (χ0v) is 16.2. The first kappa shape index (κ1) is 17.9. The van der Waals surface area contributed by atoms with Crippen LogP contribution in [0.2, 0.25) is 0 Å². The van der Waals surface area contributed by atoms with Gasteiger partial charge in [0.2, 0.25) is 5.95 Å². The standard InChI is InChI=1S/C23H19N7/c1-2-5-17(6-3-1)9-13-26-23-27-14-10-21(29-23)30-16-28-19-15-18(7-8-20(19)30)22-24-11-4-12-25-22/h1-8,10-12,14-16H,9,13H2,(H,26,27,29). The first-order valence-electron chi connectivity index (χ1n) is 9.72. The average Bonchev–Trinajstić information content (AvgIpc) is 3.24. The number of imidazole rings is 1. The van der Waals surface area contributed by atoms with Gasteiger partial charge < -0.3 is 5.32 Å². The monoisotopic (exact) mass is 393 g/mol. The Hall–Kier alpha value is -4.13. The van der Waals surface area contributed by atoms with Crippen molar-refractivity contribution in [1.82, 2.24) is 29.5 Å². The van der Waals surface area contributed by atoms with Gasteiger partial charge in [-0.15, -0.1) is 0 Å². The van der Waals surface area contributed by atoms with Crippen LogP contribution in [0.25, 0.3) is 28.2 Å². The Bertz CT molecular complexity index is 1270. The summed E-state index contributed by atoms with van der Waals surface area (Å²) in [5, 5.41) is 3.30. The molecule has 146 valence electrons. The Balaban J connectivity index is 1.37. The van der Waals surface area contributed by atoms with Gasteiger partial charge >= 0.3 is 0 Å². The molecule has 0 spiro atoms. The van der Waals surface area contributed by atoms with Crippen LogP contribution in [0.15, 0.2) is 85.6 Å². The van der Waals surface area contributed by atoms with E-state index in [0.29, 0.717) is 11.8 Å². The van der Waals surface area contributed by atoms with Crippen LogP contribution in [-0.4, -0.2) is 36.0 Å². The summed E-state index contributed by atoms with van der Waals surface area (Å²) in [7, 11) is 0. The largest absolute Gasteiger partial charge is 0.354 e. The summed E-state index contributed by atoms with van der Waals surface area (Å²) in [6, 6.07) is 20.0. The van der Waals surface area contributed by atoms with Crippen LogP contribution in [0.5, 0.6) is 0 Å². The molecule has 0 fully saturated rings. The van der Waals surface area contributed by atoms with Gasteiger partial charge in [-0.25, -0.2) is 19.9 Å². The van der Waals surface area contributed by atoms with E-state index in [1.807, 2.05) is 47.0 Å². The Morgan fingerprint density at radius 1 is 0.800 bits per heavy atom. The normalized spacial score (nSPS) is 10.9.